The molecule has 0 heterocycles. The van der Waals surface area contributed by atoms with Crippen molar-refractivity contribution >= 4 is 5.97 Å². The Morgan fingerprint density at radius 1 is 1.28 bits per heavy atom. The SMILES string of the molecule is CC(C)(C)c1ccc(C(CC(=O)O)C2CC2)cc1. The first-order valence-corrected chi connectivity index (χ1v) is 6.70. The molecule has 1 fully saturated rings. The first-order chi connectivity index (χ1) is 8.38. The van der Waals surface area contributed by atoms with E-state index < -0.39 is 5.97 Å². The van der Waals surface area contributed by atoms with Crippen LogP contribution in [-0.4, -0.2) is 11.1 Å². The molecular formula is C16H22O2. The van der Waals surface area contributed by atoms with Crippen molar-refractivity contribution in [2.45, 2.75) is 51.4 Å². The van der Waals surface area contributed by atoms with Crippen LogP contribution in [0.3, 0.4) is 0 Å². The molecule has 1 aliphatic rings. The molecule has 1 unspecified atom stereocenters. The Bertz CT molecular complexity index is 421. The molecule has 2 nitrogen and oxygen atoms in total. The van der Waals surface area contributed by atoms with E-state index >= 15 is 0 Å². The fraction of sp³-hybridized carbons (Fsp3) is 0.562. The molecule has 0 aromatic heterocycles. The highest BCUT2D eigenvalue weighted by atomic mass is 16.4. The Kier molecular flexibility index (Phi) is 3.47. The number of carboxylic acid groups (broad SMARTS) is 1. The predicted molar refractivity (Wildman–Crippen MR) is 72.9 cm³/mol. The van der Waals surface area contributed by atoms with Crippen molar-refractivity contribution in [2.75, 3.05) is 0 Å². The molecule has 1 atom stereocenters. The maximum Gasteiger partial charge on any atom is 0.303 e. The molecule has 0 saturated heterocycles. The number of hydrogen-bond donors (Lipinski definition) is 1. The van der Waals surface area contributed by atoms with Gasteiger partial charge in [-0.15, -0.1) is 0 Å². The predicted octanol–water partition coefficient (Wildman–Crippen LogP) is 3.95. The van der Waals surface area contributed by atoms with Crippen LogP contribution in [0.5, 0.6) is 0 Å². The van der Waals surface area contributed by atoms with E-state index in [1.165, 1.54) is 24.0 Å². The van der Waals surface area contributed by atoms with E-state index in [0.717, 1.165) is 0 Å². The average Bonchev–Trinajstić information content (AvgIpc) is 3.08. The zero-order valence-corrected chi connectivity index (χ0v) is 11.4. The van der Waals surface area contributed by atoms with Gasteiger partial charge in [0, 0.05) is 0 Å². The summed E-state index contributed by atoms with van der Waals surface area (Å²) in [6.07, 6.45) is 2.62. The molecule has 18 heavy (non-hydrogen) atoms. The van der Waals surface area contributed by atoms with Gasteiger partial charge in [0.25, 0.3) is 0 Å². The van der Waals surface area contributed by atoms with Gasteiger partial charge in [0.05, 0.1) is 6.42 Å². The van der Waals surface area contributed by atoms with Gasteiger partial charge in [0.1, 0.15) is 0 Å². The van der Waals surface area contributed by atoms with E-state index in [4.69, 9.17) is 5.11 Å². The van der Waals surface area contributed by atoms with Crippen LogP contribution in [0.15, 0.2) is 24.3 Å². The van der Waals surface area contributed by atoms with E-state index in [-0.39, 0.29) is 17.8 Å². The average molecular weight is 246 g/mol. The van der Waals surface area contributed by atoms with E-state index in [1.54, 1.807) is 0 Å². The van der Waals surface area contributed by atoms with Gasteiger partial charge < -0.3 is 5.11 Å². The van der Waals surface area contributed by atoms with E-state index in [9.17, 15) is 4.79 Å². The summed E-state index contributed by atoms with van der Waals surface area (Å²) in [4.78, 5) is 10.9. The van der Waals surface area contributed by atoms with Crippen molar-refractivity contribution < 1.29 is 9.90 Å². The van der Waals surface area contributed by atoms with Gasteiger partial charge in [-0.05, 0) is 41.2 Å². The number of benzene rings is 1. The summed E-state index contributed by atoms with van der Waals surface area (Å²) in [5.41, 5.74) is 2.64. The molecule has 1 N–H and O–H groups in total. The molecule has 0 amide bonds. The number of hydrogen-bond acceptors (Lipinski definition) is 1. The fourth-order valence-corrected chi connectivity index (χ4v) is 2.47. The minimum absolute atomic E-state index is 0.153. The van der Waals surface area contributed by atoms with Crippen LogP contribution in [0.25, 0.3) is 0 Å². The molecule has 98 valence electrons. The maximum atomic E-state index is 10.9. The van der Waals surface area contributed by atoms with Crippen LogP contribution in [0.2, 0.25) is 0 Å². The Labute approximate surface area is 109 Å². The monoisotopic (exact) mass is 246 g/mol. The third-order valence-electron chi connectivity index (χ3n) is 3.79. The summed E-state index contributed by atoms with van der Waals surface area (Å²) in [6, 6.07) is 8.53. The molecule has 1 aromatic rings. The highest BCUT2D eigenvalue weighted by molar-refractivity contribution is 5.68. The van der Waals surface area contributed by atoms with Gasteiger partial charge >= 0.3 is 5.97 Å². The van der Waals surface area contributed by atoms with Crippen molar-refractivity contribution in [1.82, 2.24) is 0 Å². The lowest BCUT2D eigenvalue weighted by molar-refractivity contribution is -0.137. The summed E-state index contributed by atoms with van der Waals surface area (Å²) >= 11 is 0. The molecular weight excluding hydrogens is 224 g/mol. The lowest BCUT2D eigenvalue weighted by Crippen LogP contribution is -2.12. The van der Waals surface area contributed by atoms with E-state index in [2.05, 4.69) is 45.0 Å². The van der Waals surface area contributed by atoms with Crippen LogP contribution in [0, 0.1) is 5.92 Å². The molecule has 2 rings (SSSR count). The smallest absolute Gasteiger partial charge is 0.303 e. The van der Waals surface area contributed by atoms with Crippen LogP contribution < -0.4 is 0 Å². The van der Waals surface area contributed by atoms with Crippen molar-refractivity contribution in [2.24, 2.45) is 5.92 Å². The molecule has 0 radical (unpaired) electrons. The minimum Gasteiger partial charge on any atom is -0.481 e. The Morgan fingerprint density at radius 2 is 1.83 bits per heavy atom. The highest BCUT2D eigenvalue weighted by Crippen LogP contribution is 2.44. The molecule has 1 aromatic carbocycles. The second-order valence-corrected chi connectivity index (χ2v) is 6.41. The van der Waals surface area contributed by atoms with Crippen molar-refractivity contribution in [3.63, 3.8) is 0 Å². The Hall–Kier alpha value is -1.31. The fourth-order valence-electron chi connectivity index (χ4n) is 2.47. The number of rotatable bonds is 4. The topological polar surface area (TPSA) is 37.3 Å². The number of carboxylic acids is 1. The van der Waals surface area contributed by atoms with Gasteiger partial charge in [-0.25, -0.2) is 0 Å². The summed E-state index contributed by atoms with van der Waals surface area (Å²) < 4.78 is 0. The molecule has 0 bridgehead atoms. The van der Waals surface area contributed by atoms with Crippen molar-refractivity contribution in [3.05, 3.63) is 35.4 Å². The van der Waals surface area contributed by atoms with Gasteiger partial charge in [-0.2, -0.15) is 0 Å². The number of carbonyl (C=O) groups is 1. The first kappa shape index (κ1) is 13.1. The third-order valence-corrected chi connectivity index (χ3v) is 3.79. The standard InChI is InChI=1S/C16H22O2/c1-16(2,3)13-8-6-12(7-9-13)14(10-15(17)18)11-4-5-11/h6-9,11,14H,4-5,10H2,1-3H3,(H,17,18). The summed E-state index contributed by atoms with van der Waals surface area (Å²) in [5.74, 6) is 0.102. The van der Waals surface area contributed by atoms with Crippen molar-refractivity contribution in [3.8, 4) is 0 Å². The van der Waals surface area contributed by atoms with E-state index in [1.807, 2.05) is 0 Å². The lowest BCUT2D eigenvalue weighted by Gasteiger charge is -2.21. The zero-order chi connectivity index (χ0) is 13.3. The second-order valence-electron chi connectivity index (χ2n) is 6.41. The van der Waals surface area contributed by atoms with Gasteiger partial charge in [0.2, 0.25) is 0 Å². The van der Waals surface area contributed by atoms with Crippen molar-refractivity contribution in [1.29, 1.82) is 0 Å². The molecule has 1 saturated carbocycles. The van der Waals surface area contributed by atoms with Gasteiger partial charge in [0.15, 0.2) is 0 Å². The first-order valence-electron chi connectivity index (χ1n) is 6.70. The Morgan fingerprint density at radius 3 is 2.22 bits per heavy atom. The summed E-state index contributed by atoms with van der Waals surface area (Å²) in [5, 5.41) is 9.01. The third kappa shape index (κ3) is 3.12. The van der Waals surface area contributed by atoms with Gasteiger partial charge in [-0.3, -0.25) is 4.79 Å². The molecule has 2 heteroatoms. The van der Waals surface area contributed by atoms with Crippen LogP contribution in [-0.2, 0) is 10.2 Å². The maximum absolute atomic E-state index is 10.9. The second kappa shape index (κ2) is 4.75. The molecule has 1 aliphatic carbocycles. The van der Waals surface area contributed by atoms with E-state index in [0.29, 0.717) is 5.92 Å². The largest absolute Gasteiger partial charge is 0.481 e. The van der Waals surface area contributed by atoms with Crippen LogP contribution >= 0.6 is 0 Å². The normalized spacial score (nSPS) is 17.5. The lowest BCUT2D eigenvalue weighted by atomic mass is 9.84. The van der Waals surface area contributed by atoms with Crippen LogP contribution in [0.1, 0.15) is 57.1 Å². The summed E-state index contributed by atoms with van der Waals surface area (Å²) in [7, 11) is 0. The summed E-state index contributed by atoms with van der Waals surface area (Å²) in [6.45, 7) is 6.58. The minimum atomic E-state index is -0.688. The highest BCUT2D eigenvalue weighted by Gasteiger charge is 2.33. The Balaban J connectivity index is 2.18. The van der Waals surface area contributed by atoms with Gasteiger partial charge in [-0.1, -0.05) is 45.0 Å². The number of aliphatic carboxylic acids is 1. The molecule has 0 aliphatic heterocycles. The quantitative estimate of drug-likeness (QED) is 0.873. The zero-order valence-electron chi connectivity index (χ0n) is 11.4. The molecule has 0 spiro atoms. The van der Waals surface area contributed by atoms with Crippen LogP contribution in [0.4, 0.5) is 0 Å².